The van der Waals surface area contributed by atoms with Crippen LogP contribution in [0.3, 0.4) is 0 Å². The molecule has 0 aliphatic carbocycles. The summed E-state index contributed by atoms with van der Waals surface area (Å²) in [5.41, 5.74) is 3.80. The van der Waals surface area contributed by atoms with E-state index in [2.05, 4.69) is 76.6 Å². The third kappa shape index (κ3) is 7.64. The van der Waals surface area contributed by atoms with E-state index >= 15 is 0 Å². The van der Waals surface area contributed by atoms with Gasteiger partial charge in [-0.05, 0) is 36.5 Å². The third-order valence-electron chi connectivity index (χ3n) is 5.32. The van der Waals surface area contributed by atoms with Crippen LogP contribution in [-0.4, -0.2) is 44.3 Å². The predicted molar refractivity (Wildman–Crippen MR) is 139 cm³/mol. The maximum atomic E-state index is 5.47. The van der Waals surface area contributed by atoms with Gasteiger partial charge in [0.25, 0.3) is 0 Å². The van der Waals surface area contributed by atoms with Crippen molar-refractivity contribution in [3.05, 3.63) is 59.3 Å². The van der Waals surface area contributed by atoms with Gasteiger partial charge in [-0.1, -0.05) is 44.2 Å². The van der Waals surface area contributed by atoms with Crippen LogP contribution in [0.5, 0.6) is 0 Å². The number of pyridine rings is 1. The minimum atomic E-state index is 0. The standard InChI is InChI=1S/C24H35N5O.HI/c1-18(2)16-20-7-9-21(10-8-20)19(3)28-24(25-4)27-17-22-6-5-11-26-23(22)29-12-14-30-15-13-29;/h5-11,18-19H,12-17H2,1-4H3,(H2,25,27,28);1H. The normalized spacial score (nSPS) is 15.4. The van der Waals surface area contributed by atoms with Gasteiger partial charge in [0.2, 0.25) is 0 Å². The van der Waals surface area contributed by atoms with Gasteiger partial charge in [0.05, 0.1) is 19.3 Å². The van der Waals surface area contributed by atoms with Crippen molar-refractivity contribution in [3.8, 4) is 0 Å². The number of nitrogens with zero attached hydrogens (tertiary/aromatic N) is 3. The average molecular weight is 537 g/mol. The first-order valence-electron chi connectivity index (χ1n) is 10.9. The van der Waals surface area contributed by atoms with Crippen LogP contribution in [0.15, 0.2) is 47.6 Å². The Kier molecular flexibility index (Phi) is 10.5. The van der Waals surface area contributed by atoms with E-state index < -0.39 is 0 Å². The first kappa shape index (κ1) is 25.4. The number of anilines is 1. The number of aromatic nitrogens is 1. The van der Waals surface area contributed by atoms with Gasteiger partial charge >= 0.3 is 0 Å². The molecule has 1 saturated heterocycles. The van der Waals surface area contributed by atoms with E-state index in [4.69, 9.17) is 4.74 Å². The smallest absolute Gasteiger partial charge is 0.191 e. The number of rotatable bonds is 7. The van der Waals surface area contributed by atoms with Gasteiger partial charge in [-0.15, -0.1) is 24.0 Å². The van der Waals surface area contributed by atoms with Crippen molar-refractivity contribution < 1.29 is 4.74 Å². The van der Waals surface area contributed by atoms with Gasteiger partial charge in [-0.25, -0.2) is 4.98 Å². The third-order valence-corrected chi connectivity index (χ3v) is 5.32. The number of nitrogens with one attached hydrogen (secondary N) is 2. The number of ether oxygens (including phenoxy) is 1. The number of benzene rings is 1. The lowest BCUT2D eigenvalue weighted by Crippen LogP contribution is -2.40. The van der Waals surface area contributed by atoms with Crippen molar-refractivity contribution in [2.24, 2.45) is 10.9 Å². The van der Waals surface area contributed by atoms with Crippen LogP contribution in [0, 0.1) is 5.92 Å². The summed E-state index contributed by atoms with van der Waals surface area (Å²) in [6.45, 7) is 10.6. The lowest BCUT2D eigenvalue weighted by Gasteiger charge is -2.29. The number of hydrogen-bond acceptors (Lipinski definition) is 4. The number of guanidine groups is 1. The molecule has 31 heavy (non-hydrogen) atoms. The van der Waals surface area contributed by atoms with Gasteiger partial charge in [0.15, 0.2) is 5.96 Å². The summed E-state index contributed by atoms with van der Waals surface area (Å²) in [4.78, 5) is 11.3. The quantitative estimate of drug-likeness (QED) is 0.316. The highest BCUT2D eigenvalue weighted by atomic mass is 127. The molecule has 170 valence electrons. The first-order chi connectivity index (χ1) is 14.6. The second-order valence-corrected chi connectivity index (χ2v) is 8.22. The molecule has 1 unspecified atom stereocenters. The van der Waals surface area contributed by atoms with Crippen LogP contribution in [0.4, 0.5) is 5.82 Å². The summed E-state index contributed by atoms with van der Waals surface area (Å²) in [6.07, 6.45) is 2.97. The number of morpholine rings is 1. The van der Waals surface area contributed by atoms with Crippen LogP contribution >= 0.6 is 24.0 Å². The molecule has 1 aliphatic heterocycles. The zero-order chi connectivity index (χ0) is 21.3. The topological polar surface area (TPSA) is 61.8 Å². The minimum absolute atomic E-state index is 0. The fourth-order valence-corrected chi connectivity index (χ4v) is 3.70. The van der Waals surface area contributed by atoms with Crippen LogP contribution in [0.25, 0.3) is 0 Å². The van der Waals surface area contributed by atoms with E-state index in [1.54, 1.807) is 7.05 Å². The van der Waals surface area contributed by atoms with Gasteiger partial charge in [0, 0.05) is 38.4 Å². The van der Waals surface area contributed by atoms with Crippen molar-refractivity contribution in [3.63, 3.8) is 0 Å². The van der Waals surface area contributed by atoms with E-state index in [1.165, 1.54) is 11.1 Å². The maximum Gasteiger partial charge on any atom is 0.191 e. The van der Waals surface area contributed by atoms with Crippen molar-refractivity contribution in [2.75, 3.05) is 38.3 Å². The molecule has 0 spiro atoms. The number of aliphatic imine (C=N–C) groups is 1. The molecule has 1 aromatic heterocycles. The highest BCUT2D eigenvalue weighted by molar-refractivity contribution is 14.0. The van der Waals surface area contributed by atoms with Gasteiger partial charge < -0.3 is 20.3 Å². The Hall–Kier alpha value is -1.87. The summed E-state index contributed by atoms with van der Waals surface area (Å²) in [5, 5.41) is 6.94. The van der Waals surface area contributed by atoms with Gasteiger partial charge in [-0.3, -0.25) is 4.99 Å². The molecule has 0 bridgehead atoms. The molecule has 1 fully saturated rings. The molecule has 6 nitrogen and oxygen atoms in total. The fourth-order valence-electron chi connectivity index (χ4n) is 3.70. The van der Waals surface area contributed by atoms with E-state index in [9.17, 15) is 0 Å². The largest absolute Gasteiger partial charge is 0.378 e. The second kappa shape index (κ2) is 12.9. The average Bonchev–Trinajstić information content (AvgIpc) is 2.77. The molecule has 0 saturated carbocycles. The van der Waals surface area contributed by atoms with Crippen molar-refractivity contribution in [1.82, 2.24) is 15.6 Å². The highest BCUT2D eigenvalue weighted by Crippen LogP contribution is 2.19. The molecule has 1 aliphatic rings. The van der Waals surface area contributed by atoms with E-state index in [-0.39, 0.29) is 30.0 Å². The van der Waals surface area contributed by atoms with Gasteiger partial charge in [-0.2, -0.15) is 0 Å². The Bertz CT molecular complexity index is 819. The molecular formula is C24H36IN5O. The second-order valence-electron chi connectivity index (χ2n) is 8.22. The molecular weight excluding hydrogens is 501 g/mol. The molecule has 1 aromatic carbocycles. The minimum Gasteiger partial charge on any atom is -0.378 e. The Balaban J connectivity index is 0.00000341. The fraction of sp³-hybridized carbons (Fsp3) is 0.500. The summed E-state index contributed by atoms with van der Waals surface area (Å²) in [5.74, 6) is 2.48. The molecule has 1 atom stereocenters. The van der Waals surface area contributed by atoms with Crippen molar-refractivity contribution in [1.29, 1.82) is 0 Å². The Morgan fingerprint density at radius 1 is 1.13 bits per heavy atom. The lowest BCUT2D eigenvalue weighted by atomic mass is 10.00. The van der Waals surface area contributed by atoms with Gasteiger partial charge in [0.1, 0.15) is 5.82 Å². The van der Waals surface area contributed by atoms with Crippen molar-refractivity contribution >= 4 is 35.8 Å². The molecule has 0 amide bonds. The van der Waals surface area contributed by atoms with E-state index in [0.29, 0.717) is 12.5 Å². The van der Waals surface area contributed by atoms with E-state index in [0.717, 1.165) is 50.1 Å². The predicted octanol–water partition coefficient (Wildman–Crippen LogP) is 4.16. The highest BCUT2D eigenvalue weighted by Gasteiger charge is 2.16. The van der Waals surface area contributed by atoms with Crippen LogP contribution in [0.2, 0.25) is 0 Å². The van der Waals surface area contributed by atoms with Crippen LogP contribution < -0.4 is 15.5 Å². The zero-order valence-corrected chi connectivity index (χ0v) is 21.4. The summed E-state index contributed by atoms with van der Waals surface area (Å²) >= 11 is 0. The summed E-state index contributed by atoms with van der Waals surface area (Å²) in [6, 6.07) is 13.1. The Morgan fingerprint density at radius 2 is 1.84 bits per heavy atom. The SMILES string of the molecule is CN=C(NCc1cccnc1N1CCOCC1)NC(C)c1ccc(CC(C)C)cc1.I. The summed E-state index contributed by atoms with van der Waals surface area (Å²) in [7, 11) is 1.81. The Labute approximate surface area is 203 Å². The molecule has 2 heterocycles. The first-order valence-corrected chi connectivity index (χ1v) is 10.9. The molecule has 3 rings (SSSR count). The zero-order valence-electron chi connectivity index (χ0n) is 19.1. The lowest BCUT2D eigenvalue weighted by molar-refractivity contribution is 0.122. The monoisotopic (exact) mass is 537 g/mol. The number of hydrogen-bond donors (Lipinski definition) is 2. The van der Waals surface area contributed by atoms with Crippen LogP contribution in [-0.2, 0) is 17.7 Å². The molecule has 0 radical (unpaired) electrons. The molecule has 7 heteroatoms. The molecule has 2 aromatic rings. The van der Waals surface area contributed by atoms with Crippen LogP contribution in [0.1, 0.15) is 43.5 Å². The number of halogens is 1. The Morgan fingerprint density at radius 3 is 2.48 bits per heavy atom. The maximum absolute atomic E-state index is 5.47. The van der Waals surface area contributed by atoms with Crippen molar-refractivity contribution in [2.45, 2.75) is 39.8 Å². The molecule has 2 N–H and O–H groups in total. The van der Waals surface area contributed by atoms with E-state index in [1.807, 2.05) is 12.3 Å². The summed E-state index contributed by atoms with van der Waals surface area (Å²) < 4.78 is 5.47.